The normalized spacial score (nSPS) is 10.3. The summed E-state index contributed by atoms with van der Waals surface area (Å²) in [7, 11) is 0. The lowest BCUT2D eigenvalue weighted by Crippen LogP contribution is -2.08. The molecular weight excluding hydrogens is 276 g/mol. The lowest BCUT2D eigenvalue weighted by atomic mass is 10.0. The first-order valence-electron chi connectivity index (χ1n) is 6.04. The molecule has 9 nitrogen and oxygen atoms in total. The molecule has 1 aromatic heterocycles. The Morgan fingerprint density at radius 3 is 2.71 bits per heavy atom. The van der Waals surface area contributed by atoms with Crippen LogP contribution in [0.5, 0.6) is 0 Å². The summed E-state index contributed by atoms with van der Waals surface area (Å²) < 4.78 is 0. The van der Waals surface area contributed by atoms with Gasteiger partial charge in [-0.15, -0.1) is 0 Å². The van der Waals surface area contributed by atoms with Gasteiger partial charge in [0, 0.05) is 41.7 Å². The Morgan fingerprint density at radius 2 is 2.10 bits per heavy atom. The zero-order chi connectivity index (χ0) is 15.4. The average Bonchev–Trinajstić information content (AvgIpc) is 2.45. The molecule has 0 spiro atoms. The highest BCUT2D eigenvalue weighted by Crippen LogP contribution is 2.34. The summed E-state index contributed by atoms with van der Waals surface area (Å²) in [5.41, 5.74) is 12.6. The average molecular weight is 290 g/mol. The smallest absolute Gasteiger partial charge is 0.270 e. The highest BCUT2D eigenvalue weighted by molar-refractivity contribution is 5.85. The number of nitro benzene ring substituents is 1. The number of aromatic nitrogens is 2. The first kappa shape index (κ1) is 14.5. The molecule has 1 aromatic carbocycles. The molecule has 0 amide bonds. The summed E-state index contributed by atoms with van der Waals surface area (Å²) in [6.07, 6.45) is 1.40. The Bertz CT molecular complexity index is 676. The SMILES string of the molecule is Nc1ncc(-c2cc([N+](=O)[O-])ccc2NCCO)c(N)n1. The van der Waals surface area contributed by atoms with E-state index in [0.29, 0.717) is 23.4 Å². The number of rotatable bonds is 5. The van der Waals surface area contributed by atoms with Crippen LogP contribution in [-0.2, 0) is 0 Å². The van der Waals surface area contributed by atoms with Crippen LogP contribution in [0, 0.1) is 10.1 Å². The topological polar surface area (TPSA) is 153 Å². The largest absolute Gasteiger partial charge is 0.395 e. The first-order valence-corrected chi connectivity index (χ1v) is 6.04. The second-order valence-electron chi connectivity index (χ2n) is 4.16. The molecule has 0 aliphatic carbocycles. The number of nitro groups is 1. The predicted octanol–water partition coefficient (Wildman–Crippen LogP) is 0.620. The number of aliphatic hydroxyl groups is 1. The van der Waals surface area contributed by atoms with Crippen LogP contribution in [0.3, 0.4) is 0 Å². The number of aliphatic hydroxyl groups excluding tert-OH is 1. The highest BCUT2D eigenvalue weighted by atomic mass is 16.6. The van der Waals surface area contributed by atoms with E-state index in [1.807, 2.05) is 0 Å². The summed E-state index contributed by atoms with van der Waals surface area (Å²) in [6.45, 7) is 0.213. The molecular formula is C12H14N6O3. The van der Waals surface area contributed by atoms with Gasteiger partial charge in [0.15, 0.2) is 0 Å². The van der Waals surface area contributed by atoms with Crippen molar-refractivity contribution < 1.29 is 10.0 Å². The quantitative estimate of drug-likeness (QED) is 0.461. The number of benzene rings is 1. The van der Waals surface area contributed by atoms with Gasteiger partial charge in [-0.1, -0.05) is 0 Å². The lowest BCUT2D eigenvalue weighted by Gasteiger charge is -2.12. The molecule has 2 aromatic rings. The van der Waals surface area contributed by atoms with Crippen molar-refractivity contribution in [1.82, 2.24) is 9.97 Å². The van der Waals surface area contributed by atoms with Crippen LogP contribution in [0.2, 0.25) is 0 Å². The summed E-state index contributed by atoms with van der Waals surface area (Å²) in [4.78, 5) is 18.1. The zero-order valence-corrected chi connectivity index (χ0v) is 11.0. The molecule has 0 atom stereocenters. The fourth-order valence-corrected chi connectivity index (χ4v) is 1.83. The summed E-state index contributed by atoms with van der Waals surface area (Å²) in [6, 6.07) is 4.27. The molecule has 0 radical (unpaired) electrons. The van der Waals surface area contributed by atoms with Gasteiger partial charge in [0.2, 0.25) is 5.95 Å². The minimum Gasteiger partial charge on any atom is -0.395 e. The van der Waals surface area contributed by atoms with E-state index in [4.69, 9.17) is 16.6 Å². The molecule has 0 aliphatic heterocycles. The van der Waals surface area contributed by atoms with Crippen molar-refractivity contribution in [2.24, 2.45) is 0 Å². The molecule has 21 heavy (non-hydrogen) atoms. The monoisotopic (exact) mass is 290 g/mol. The standard InChI is InChI=1S/C12H14N6O3/c13-11-9(6-16-12(14)17-11)8-5-7(18(20)21)1-2-10(8)15-3-4-19/h1-2,5-6,15,19H,3-4H2,(H4,13,14,16,17). The number of hydrogen-bond donors (Lipinski definition) is 4. The lowest BCUT2D eigenvalue weighted by molar-refractivity contribution is -0.384. The van der Waals surface area contributed by atoms with Crippen LogP contribution >= 0.6 is 0 Å². The van der Waals surface area contributed by atoms with Crippen LogP contribution in [-0.4, -0.2) is 33.1 Å². The number of anilines is 3. The van der Waals surface area contributed by atoms with Gasteiger partial charge in [-0.2, -0.15) is 4.98 Å². The molecule has 0 bridgehead atoms. The van der Waals surface area contributed by atoms with Crippen molar-refractivity contribution >= 4 is 23.1 Å². The van der Waals surface area contributed by atoms with Gasteiger partial charge in [-0.3, -0.25) is 10.1 Å². The zero-order valence-electron chi connectivity index (χ0n) is 11.0. The third-order valence-corrected chi connectivity index (χ3v) is 2.77. The Labute approximate surface area is 119 Å². The van der Waals surface area contributed by atoms with Crippen LogP contribution in [0.1, 0.15) is 0 Å². The number of nitrogen functional groups attached to an aromatic ring is 2. The fraction of sp³-hybridized carbons (Fsp3) is 0.167. The Kier molecular flexibility index (Phi) is 4.14. The van der Waals surface area contributed by atoms with Crippen molar-refractivity contribution in [1.29, 1.82) is 0 Å². The molecule has 0 saturated carbocycles. The molecule has 2 rings (SSSR count). The molecule has 0 unspecified atom stereocenters. The maximum absolute atomic E-state index is 10.9. The fourth-order valence-electron chi connectivity index (χ4n) is 1.83. The number of non-ortho nitro benzene ring substituents is 1. The number of nitrogens with two attached hydrogens (primary N) is 2. The van der Waals surface area contributed by atoms with E-state index in [2.05, 4.69) is 15.3 Å². The van der Waals surface area contributed by atoms with E-state index in [0.717, 1.165) is 0 Å². The van der Waals surface area contributed by atoms with Crippen molar-refractivity contribution in [3.63, 3.8) is 0 Å². The van der Waals surface area contributed by atoms with E-state index in [-0.39, 0.29) is 24.1 Å². The molecule has 9 heteroatoms. The van der Waals surface area contributed by atoms with Gasteiger partial charge in [0.25, 0.3) is 5.69 Å². The van der Waals surface area contributed by atoms with Gasteiger partial charge in [-0.25, -0.2) is 4.98 Å². The van der Waals surface area contributed by atoms with Crippen molar-refractivity contribution in [2.45, 2.75) is 0 Å². The third-order valence-electron chi connectivity index (χ3n) is 2.77. The van der Waals surface area contributed by atoms with Crippen molar-refractivity contribution in [2.75, 3.05) is 29.9 Å². The Hall–Kier alpha value is -2.94. The summed E-state index contributed by atoms with van der Waals surface area (Å²) in [5, 5.41) is 22.8. The van der Waals surface area contributed by atoms with Crippen LogP contribution in [0.15, 0.2) is 24.4 Å². The van der Waals surface area contributed by atoms with Crippen LogP contribution < -0.4 is 16.8 Å². The maximum atomic E-state index is 10.9. The van der Waals surface area contributed by atoms with E-state index in [9.17, 15) is 10.1 Å². The van der Waals surface area contributed by atoms with Gasteiger partial charge < -0.3 is 21.9 Å². The number of nitrogens with one attached hydrogen (secondary N) is 1. The van der Waals surface area contributed by atoms with Gasteiger partial charge in [0.05, 0.1) is 11.5 Å². The van der Waals surface area contributed by atoms with E-state index in [1.165, 1.54) is 18.3 Å². The first-order chi connectivity index (χ1) is 10.0. The number of hydrogen-bond acceptors (Lipinski definition) is 8. The van der Waals surface area contributed by atoms with E-state index in [1.54, 1.807) is 6.07 Å². The van der Waals surface area contributed by atoms with Crippen LogP contribution in [0.4, 0.5) is 23.1 Å². The van der Waals surface area contributed by atoms with E-state index < -0.39 is 4.92 Å². The number of nitrogens with zero attached hydrogens (tertiary/aromatic N) is 3. The van der Waals surface area contributed by atoms with Gasteiger partial charge >= 0.3 is 0 Å². The molecule has 6 N–H and O–H groups in total. The Balaban J connectivity index is 2.56. The molecule has 0 saturated heterocycles. The third kappa shape index (κ3) is 3.15. The highest BCUT2D eigenvalue weighted by Gasteiger charge is 2.15. The van der Waals surface area contributed by atoms with E-state index >= 15 is 0 Å². The molecule has 1 heterocycles. The molecule has 0 aliphatic rings. The van der Waals surface area contributed by atoms with Crippen LogP contribution in [0.25, 0.3) is 11.1 Å². The second kappa shape index (κ2) is 6.01. The summed E-state index contributed by atoms with van der Waals surface area (Å²) >= 11 is 0. The Morgan fingerprint density at radius 1 is 1.33 bits per heavy atom. The predicted molar refractivity (Wildman–Crippen MR) is 78.5 cm³/mol. The summed E-state index contributed by atoms with van der Waals surface area (Å²) in [5.74, 6) is 0.140. The maximum Gasteiger partial charge on any atom is 0.270 e. The molecule has 110 valence electrons. The minimum atomic E-state index is -0.506. The van der Waals surface area contributed by atoms with Crippen molar-refractivity contribution in [3.05, 3.63) is 34.5 Å². The minimum absolute atomic E-state index is 0.0200. The molecule has 0 fully saturated rings. The van der Waals surface area contributed by atoms with Crippen molar-refractivity contribution in [3.8, 4) is 11.1 Å². The van der Waals surface area contributed by atoms with Gasteiger partial charge in [0.1, 0.15) is 5.82 Å². The second-order valence-corrected chi connectivity index (χ2v) is 4.16. The van der Waals surface area contributed by atoms with Gasteiger partial charge in [-0.05, 0) is 6.07 Å².